The summed E-state index contributed by atoms with van der Waals surface area (Å²) in [5.74, 6) is 0.299. The zero-order valence-electron chi connectivity index (χ0n) is 12.3. The maximum atomic E-state index is 12.2. The third kappa shape index (κ3) is 2.73. The van der Waals surface area contributed by atoms with Gasteiger partial charge in [-0.2, -0.15) is 5.10 Å². The Morgan fingerprint density at radius 1 is 1.30 bits per heavy atom. The van der Waals surface area contributed by atoms with Gasteiger partial charge in [0.1, 0.15) is 0 Å². The molecule has 1 amide bonds. The molecule has 110 valence electrons. The van der Waals surface area contributed by atoms with Crippen LogP contribution >= 0.6 is 0 Å². The van der Waals surface area contributed by atoms with Gasteiger partial charge in [-0.25, -0.2) is 0 Å². The fourth-order valence-electron chi connectivity index (χ4n) is 3.33. The molecule has 0 aromatic carbocycles. The summed E-state index contributed by atoms with van der Waals surface area (Å²) in [5.41, 5.74) is 3.77. The molecule has 0 unspecified atom stereocenters. The van der Waals surface area contributed by atoms with Crippen LogP contribution in [0, 0.1) is 0 Å². The molecule has 1 N–H and O–H groups in total. The molecule has 2 aliphatic rings. The molecule has 2 aliphatic heterocycles. The van der Waals surface area contributed by atoms with Crippen molar-refractivity contribution in [3.63, 3.8) is 0 Å². The smallest absolute Gasteiger partial charge is 0.222 e. The van der Waals surface area contributed by atoms with E-state index in [2.05, 4.69) is 10.4 Å². The van der Waals surface area contributed by atoms with Crippen LogP contribution in [0.15, 0.2) is 0 Å². The highest BCUT2D eigenvalue weighted by molar-refractivity contribution is 5.76. The number of likely N-dealkylation sites (tertiary alicyclic amines) is 1. The Labute approximate surface area is 120 Å². The second-order valence-corrected chi connectivity index (χ2v) is 5.86. The van der Waals surface area contributed by atoms with Crippen LogP contribution in [0.5, 0.6) is 0 Å². The Bertz CT molecular complexity index is 488. The fourth-order valence-corrected chi connectivity index (χ4v) is 3.33. The molecule has 3 rings (SSSR count). The number of nitrogens with zero attached hydrogens (tertiary/aromatic N) is 3. The SMILES string of the molecule is Cn1nc(CCC(=O)N2CCCCC2)c2c1CCNC2. The molecule has 3 heterocycles. The number of nitrogens with one attached hydrogen (secondary N) is 1. The van der Waals surface area contributed by atoms with Gasteiger partial charge in [0.2, 0.25) is 5.91 Å². The van der Waals surface area contributed by atoms with Gasteiger partial charge in [-0.1, -0.05) is 0 Å². The number of fused-ring (bicyclic) bond motifs is 1. The molecular formula is C15H24N4O. The van der Waals surface area contributed by atoms with Gasteiger partial charge in [0.05, 0.1) is 5.69 Å². The Kier molecular flexibility index (Phi) is 4.05. The van der Waals surface area contributed by atoms with Gasteiger partial charge in [0.25, 0.3) is 0 Å². The zero-order valence-corrected chi connectivity index (χ0v) is 12.3. The van der Waals surface area contributed by atoms with E-state index < -0.39 is 0 Å². The van der Waals surface area contributed by atoms with E-state index in [9.17, 15) is 4.79 Å². The predicted octanol–water partition coefficient (Wildman–Crippen LogP) is 1.01. The van der Waals surface area contributed by atoms with Crippen molar-refractivity contribution in [2.75, 3.05) is 19.6 Å². The molecule has 0 saturated carbocycles. The molecule has 0 atom stereocenters. The Morgan fingerprint density at radius 3 is 2.90 bits per heavy atom. The van der Waals surface area contributed by atoms with E-state index in [0.717, 1.165) is 57.6 Å². The first-order valence-corrected chi connectivity index (χ1v) is 7.78. The van der Waals surface area contributed by atoms with Gasteiger partial charge in [-0.15, -0.1) is 0 Å². The topological polar surface area (TPSA) is 50.2 Å². The van der Waals surface area contributed by atoms with E-state index in [4.69, 9.17) is 0 Å². The summed E-state index contributed by atoms with van der Waals surface area (Å²) in [5, 5.41) is 8.01. The molecule has 20 heavy (non-hydrogen) atoms. The van der Waals surface area contributed by atoms with Gasteiger partial charge in [-0.05, 0) is 19.3 Å². The number of hydrogen-bond acceptors (Lipinski definition) is 3. The summed E-state index contributed by atoms with van der Waals surface area (Å²) in [6, 6.07) is 0. The number of piperidine rings is 1. The van der Waals surface area contributed by atoms with E-state index in [1.165, 1.54) is 17.7 Å². The van der Waals surface area contributed by atoms with Crippen LogP contribution in [-0.2, 0) is 31.2 Å². The molecule has 1 aromatic rings. The zero-order chi connectivity index (χ0) is 13.9. The lowest BCUT2D eigenvalue weighted by Crippen LogP contribution is -2.35. The molecule has 0 aliphatic carbocycles. The van der Waals surface area contributed by atoms with Crippen molar-refractivity contribution in [3.8, 4) is 0 Å². The monoisotopic (exact) mass is 276 g/mol. The van der Waals surface area contributed by atoms with Gasteiger partial charge < -0.3 is 10.2 Å². The number of hydrogen-bond donors (Lipinski definition) is 1. The van der Waals surface area contributed by atoms with Gasteiger partial charge in [-0.3, -0.25) is 9.48 Å². The van der Waals surface area contributed by atoms with Gasteiger partial charge in [0, 0.05) is 63.7 Å². The highest BCUT2D eigenvalue weighted by atomic mass is 16.2. The normalized spacial score (nSPS) is 18.9. The Balaban J connectivity index is 1.62. The van der Waals surface area contributed by atoms with Crippen LogP contribution in [0.4, 0.5) is 0 Å². The van der Waals surface area contributed by atoms with E-state index in [-0.39, 0.29) is 0 Å². The molecule has 0 radical (unpaired) electrons. The fraction of sp³-hybridized carbons (Fsp3) is 0.733. The minimum Gasteiger partial charge on any atom is -0.343 e. The third-order valence-corrected chi connectivity index (χ3v) is 4.48. The number of amides is 1. The molecule has 0 spiro atoms. The van der Waals surface area contributed by atoms with Crippen LogP contribution in [0.2, 0.25) is 0 Å². The first-order chi connectivity index (χ1) is 9.75. The molecule has 5 nitrogen and oxygen atoms in total. The van der Waals surface area contributed by atoms with Crippen LogP contribution < -0.4 is 5.32 Å². The van der Waals surface area contributed by atoms with Crippen molar-refractivity contribution in [1.29, 1.82) is 0 Å². The van der Waals surface area contributed by atoms with Crippen LogP contribution in [0.3, 0.4) is 0 Å². The summed E-state index contributed by atoms with van der Waals surface area (Å²) in [4.78, 5) is 14.2. The average Bonchev–Trinajstić information content (AvgIpc) is 2.83. The number of carbonyl (C=O) groups excluding carboxylic acids is 1. The lowest BCUT2D eigenvalue weighted by atomic mass is 10.0. The van der Waals surface area contributed by atoms with Crippen molar-refractivity contribution in [2.45, 2.75) is 45.1 Å². The quantitative estimate of drug-likeness (QED) is 0.896. The molecule has 1 aromatic heterocycles. The van der Waals surface area contributed by atoms with Crippen LogP contribution in [-0.4, -0.2) is 40.2 Å². The maximum absolute atomic E-state index is 12.2. The second kappa shape index (κ2) is 5.95. The van der Waals surface area contributed by atoms with E-state index >= 15 is 0 Å². The number of aryl methyl sites for hydroxylation is 2. The van der Waals surface area contributed by atoms with Crippen LogP contribution in [0.25, 0.3) is 0 Å². The van der Waals surface area contributed by atoms with Gasteiger partial charge >= 0.3 is 0 Å². The second-order valence-electron chi connectivity index (χ2n) is 5.86. The van der Waals surface area contributed by atoms with Crippen molar-refractivity contribution in [3.05, 3.63) is 17.0 Å². The molecular weight excluding hydrogens is 252 g/mol. The highest BCUT2D eigenvalue weighted by Gasteiger charge is 2.21. The Hall–Kier alpha value is -1.36. The lowest BCUT2D eigenvalue weighted by Gasteiger charge is -2.26. The Morgan fingerprint density at radius 2 is 2.10 bits per heavy atom. The average molecular weight is 276 g/mol. The predicted molar refractivity (Wildman–Crippen MR) is 77.4 cm³/mol. The highest BCUT2D eigenvalue weighted by Crippen LogP contribution is 2.19. The van der Waals surface area contributed by atoms with E-state index in [1.807, 2.05) is 16.6 Å². The molecule has 0 bridgehead atoms. The van der Waals surface area contributed by atoms with Gasteiger partial charge in [0.15, 0.2) is 0 Å². The molecule has 5 heteroatoms. The lowest BCUT2D eigenvalue weighted by molar-refractivity contribution is -0.132. The largest absolute Gasteiger partial charge is 0.343 e. The summed E-state index contributed by atoms with van der Waals surface area (Å²) in [6.07, 6.45) is 6.01. The van der Waals surface area contributed by atoms with E-state index in [1.54, 1.807) is 0 Å². The number of carbonyl (C=O) groups is 1. The first-order valence-electron chi connectivity index (χ1n) is 7.78. The summed E-state index contributed by atoms with van der Waals surface area (Å²) < 4.78 is 2.00. The summed E-state index contributed by atoms with van der Waals surface area (Å²) >= 11 is 0. The van der Waals surface area contributed by atoms with Crippen molar-refractivity contribution >= 4 is 5.91 Å². The molecule has 1 fully saturated rings. The minimum atomic E-state index is 0.299. The van der Waals surface area contributed by atoms with E-state index in [0.29, 0.717) is 12.3 Å². The maximum Gasteiger partial charge on any atom is 0.222 e. The number of aromatic nitrogens is 2. The van der Waals surface area contributed by atoms with Crippen LogP contribution in [0.1, 0.15) is 42.6 Å². The number of rotatable bonds is 3. The van der Waals surface area contributed by atoms with Crippen molar-refractivity contribution in [1.82, 2.24) is 20.0 Å². The standard InChI is InChI=1S/C15H24N4O/c1-18-14-7-8-16-11-12(14)13(17-18)5-6-15(20)19-9-3-2-4-10-19/h16H,2-11H2,1H3. The summed E-state index contributed by atoms with van der Waals surface area (Å²) in [6.45, 7) is 3.82. The summed E-state index contributed by atoms with van der Waals surface area (Å²) in [7, 11) is 2.01. The first kappa shape index (κ1) is 13.6. The minimum absolute atomic E-state index is 0.299. The van der Waals surface area contributed by atoms with Crippen molar-refractivity contribution < 1.29 is 4.79 Å². The third-order valence-electron chi connectivity index (χ3n) is 4.48. The molecule has 1 saturated heterocycles. The van der Waals surface area contributed by atoms with Crippen molar-refractivity contribution in [2.24, 2.45) is 7.05 Å².